The van der Waals surface area contributed by atoms with Crippen LogP contribution in [0.1, 0.15) is 63.5 Å². The Hall–Kier alpha value is -2.38. The van der Waals surface area contributed by atoms with Gasteiger partial charge in [-0.1, -0.05) is 46.8 Å². The third-order valence-electron chi connectivity index (χ3n) is 6.34. The van der Waals surface area contributed by atoms with Gasteiger partial charge < -0.3 is 8.92 Å². The van der Waals surface area contributed by atoms with Crippen molar-refractivity contribution in [2.45, 2.75) is 59.8 Å². The van der Waals surface area contributed by atoms with Crippen LogP contribution in [0, 0.1) is 12.3 Å². The summed E-state index contributed by atoms with van der Waals surface area (Å²) in [5.74, 6) is 1.11. The summed E-state index contributed by atoms with van der Waals surface area (Å²) in [7, 11) is -3.58. The van der Waals surface area contributed by atoms with Crippen molar-refractivity contribution < 1.29 is 22.1 Å². The fraction of sp³-hybridized carbons (Fsp3) is 0.444. The largest absolute Gasteiger partial charge is 0.486 e. The number of fused-ring (bicyclic) bond motifs is 1. The molecule has 0 amide bonds. The van der Waals surface area contributed by atoms with Gasteiger partial charge in [0.25, 0.3) is 0 Å². The molecule has 3 aromatic rings. The van der Waals surface area contributed by atoms with Gasteiger partial charge >= 0.3 is 10.1 Å². The van der Waals surface area contributed by atoms with Crippen LogP contribution in [0.5, 0.6) is 11.5 Å². The Morgan fingerprint density at radius 3 is 2.24 bits per heavy atom. The van der Waals surface area contributed by atoms with Gasteiger partial charge in [0.2, 0.25) is 0 Å². The van der Waals surface area contributed by atoms with E-state index >= 15 is 0 Å². The molecular formula is C27H34O5S2. The molecule has 0 atom stereocenters. The molecular weight excluding hydrogens is 468 g/mol. The van der Waals surface area contributed by atoms with Crippen LogP contribution in [-0.2, 0) is 20.3 Å². The van der Waals surface area contributed by atoms with Crippen LogP contribution in [0.15, 0.2) is 42.5 Å². The lowest BCUT2D eigenvalue weighted by atomic mass is 9.74. The van der Waals surface area contributed by atoms with Crippen molar-refractivity contribution in [3.05, 3.63) is 58.5 Å². The molecule has 0 fully saturated rings. The molecule has 3 rings (SSSR count). The standard InChI is InChI=1S/C27H34O5S2/c1-8-27(9-2,20-10-12-22(18(3)14-20)31-17-24(28)26(4,5)6)25-16-19-15-21(32-34(7,29)30)11-13-23(19)33-25/h10-16H,8-9,17H2,1-7H3. The SMILES string of the molecule is CCC(CC)(c1ccc(OCC(=O)C(C)(C)C)c(C)c1)c1cc2cc(OS(C)(=O)=O)ccc2s1. The van der Waals surface area contributed by atoms with E-state index in [1.54, 1.807) is 23.5 Å². The quantitative estimate of drug-likeness (QED) is 0.307. The highest BCUT2D eigenvalue weighted by molar-refractivity contribution is 7.86. The van der Waals surface area contributed by atoms with Crippen molar-refractivity contribution in [2.75, 3.05) is 12.9 Å². The van der Waals surface area contributed by atoms with E-state index < -0.39 is 15.5 Å². The molecule has 0 radical (unpaired) electrons. The average Bonchev–Trinajstić information content (AvgIpc) is 3.16. The van der Waals surface area contributed by atoms with E-state index in [1.165, 1.54) is 10.4 Å². The first-order chi connectivity index (χ1) is 15.8. The third kappa shape index (κ3) is 5.63. The minimum Gasteiger partial charge on any atom is -0.486 e. The lowest BCUT2D eigenvalue weighted by Crippen LogP contribution is -2.27. The summed E-state index contributed by atoms with van der Waals surface area (Å²) in [5.41, 5.74) is 1.58. The van der Waals surface area contributed by atoms with Gasteiger partial charge in [0.15, 0.2) is 5.78 Å². The van der Waals surface area contributed by atoms with Crippen LogP contribution in [0.25, 0.3) is 10.1 Å². The molecule has 0 saturated heterocycles. The zero-order valence-electron chi connectivity index (χ0n) is 21.0. The van der Waals surface area contributed by atoms with Gasteiger partial charge in [-0.2, -0.15) is 8.42 Å². The molecule has 1 aromatic heterocycles. The predicted molar refractivity (Wildman–Crippen MR) is 140 cm³/mol. The number of rotatable bonds is 9. The third-order valence-corrected chi connectivity index (χ3v) is 8.15. The number of carbonyl (C=O) groups excluding carboxylic acids is 1. The van der Waals surface area contributed by atoms with Gasteiger partial charge in [-0.15, -0.1) is 11.3 Å². The lowest BCUT2D eigenvalue weighted by Gasteiger charge is -2.32. The van der Waals surface area contributed by atoms with Gasteiger partial charge in [-0.05, 0) is 66.6 Å². The number of Topliss-reactive ketones (excluding diaryl/α,β-unsaturated/α-hetero) is 1. The van der Waals surface area contributed by atoms with E-state index in [1.807, 2.05) is 39.8 Å². The lowest BCUT2D eigenvalue weighted by molar-refractivity contribution is -0.128. The molecule has 0 bridgehead atoms. The molecule has 0 aliphatic carbocycles. The Morgan fingerprint density at radius 1 is 1.00 bits per heavy atom. The van der Waals surface area contributed by atoms with Crippen LogP contribution >= 0.6 is 11.3 Å². The summed E-state index contributed by atoms with van der Waals surface area (Å²) in [5, 5.41) is 0.963. The first-order valence-electron chi connectivity index (χ1n) is 11.5. The van der Waals surface area contributed by atoms with E-state index in [0.717, 1.165) is 40.5 Å². The van der Waals surface area contributed by atoms with E-state index in [0.29, 0.717) is 5.75 Å². The predicted octanol–water partition coefficient (Wildman–Crippen LogP) is 6.65. The molecule has 5 nitrogen and oxygen atoms in total. The molecule has 34 heavy (non-hydrogen) atoms. The van der Waals surface area contributed by atoms with Gasteiger partial charge in [-0.25, -0.2) is 0 Å². The minimum atomic E-state index is -3.58. The zero-order valence-corrected chi connectivity index (χ0v) is 22.7. The second kappa shape index (κ2) is 9.70. The molecule has 0 N–H and O–H groups in total. The van der Waals surface area contributed by atoms with E-state index in [-0.39, 0.29) is 17.8 Å². The minimum absolute atomic E-state index is 0.0601. The summed E-state index contributed by atoms with van der Waals surface area (Å²) in [6.45, 7) is 12.1. The molecule has 184 valence electrons. The number of benzene rings is 2. The van der Waals surface area contributed by atoms with Crippen LogP contribution in [-0.4, -0.2) is 27.1 Å². The first-order valence-corrected chi connectivity index (χ1v) is 14.1. The van der Waals surface area contributed by atoms with Gasteiger partial charge in [0.1, 0.15) is 18.1 Å². The molecule has 0 spiro atoms. The Bertz CT molecular complexity index is 1290. The average molecular weight is 503 g/mol. The Labute approximate surface area is 207 Å². The second-order valence-corrected chi connectivity index (χ2v) is 12.5. The number of ketones is 1. The van der Waals surface area contributed by atoms with E-state index in [9.17, 15) is 13.2 Å². The summed E-state index contributed by atoms with van der Waals surface area (Å²) >= 11 is 1.72. The van der Waals surface area contributed by atoms with Crippen LogP contribution in [0.4, 0.5) is 0 Å². The van der Waals surface area contributed by atoms with Crippen molar-refractivity contribution >= 4 is 37.3 Å². The Kier molecular flexibility index (Phi) is 7.48. The fourth-order valence-electron chi connectivity index (χ4n) is 4.10. The summed E-state index contributed by atoms with van der Waals surface area (Å²) in [4.78, 5) is 13.5. The molecule has 1 heterocycles. The normalized spacial score (nSPS) is 12.7. The highest BCUT2D eigenvalue weighted by Gasteiger charge is 2.33. The van der Waals surface area contributed by atoms with Gasteiger partial charge in [0, 0.05) is 20.4 Å². The molecule has 0 aliphatic heterocycles. The number of hydrogen-bond donors (Lipinski definition) is 0. The maximum Gasteiger partial charge on any atom is 0.306 e. The van der Waals surface area contributed by atoms with Crippen molar-refractivity contribution in [2.24, 2.45) is 5.41 Å². The Balaban J connectivity index is 1.96. The zero-order chi connectivity index (χ0) is 25.3. The number of thiophene rings is 1. The summed E-state index contributed by atoms with van der Waals surface area (Å²) < 4.78 is 35.1. The first kappa shape index (κ1) is 26.2. The molecule has 0 saturated carbocycles. The number of aryl methyl sites for hydroxylation is 1. The number of ether oxygens (including phenoxy) is 1. The van der Waals surface area contributed by atoms with Gasteiger partial charge in [-0.3, -0.25) is 4.79 Å². The Morgan fingerprint density at radius 2 is 1.68 bits per heavy atom. The van der Waals surface area contributed by atoms with Crippen molar-refractivity contribution in [3.8, 4) is 11.5 Å². The van der Waals surface area contributed by atoms with Crippen LogP contribution in [0.2, 0.25) is 0 Å². The highest BCUT2D eigenvalue weighted by atomic mass is 32.2. The fourth-order valence-corrected chi connectivity index (χ4v) is 5.95. The smallest absolute Gasteiger partial charge is 0.306 e. The van der Waals surface area contributed by atoms with E-state index in [4.69, 9.17) is 8.92 Å². The number of hydrogen-bond acceptors (Lipinski definition) is 6. The second-order valence-electron chi connectivity index (χ2n) is 9.83. The van der Waals surface area contributed by atoms with Crippen LogP contribution < -0.4 is 8.92 Å². The maximum absolute atomic E-state index is 12.3. The van der Waals surface area contributed by atoms with E-state index in [2.05, 4.69) is 32.0 Å². The molecule has 2 aromatic carbocycles. The molecule has 7 heteroatoms. The molecule has 0 unspecified atom stereocenters. The van der Waals surface area contributed by atoms with Crippen molar-refractivity contribution in [1.82, 2.24) is 0 Å². The monoisotopic (exact) mass is 502 g/mol. The maximum atomic E-state index is 12.3. The van der Waals surface area contributed by atoms with Crippen molar-refractivity contribution in [3.63, 3.8) is 0 Å². The summed E-state index contributed by atoms with van der Waals surface area (Å²) in [6, 6.07) is 13.7. The molecule has 0 aliphatic rings. The van der Waals surface area contributed by atoms with Gasteiger partial charge in [0.05, 0.1) is 6.26 Å². The summed E-state index contributed by atoms with van der Waals surface area (Å²) in [6.07, 6.45) is 2.86. The number of carbonyl (C=O) groups is 1. The highest BCUT2D eigenvalue weighted by Crippen LogP contribution is 2.45. The van der Waals surface area contributed by atoms with Crippen molar-refractivity contribution in [1.29, 1.82) is 0 Å². The van der Waals surface area contributed by atoms with Crippen LogP contribution in [0.3, 0.4) is 0 Å². The topological polar surface area (TPSA) is 69.7 Å².